The molecule has 0 aromatic heterocycles. The van der Waals surface area contributed by atoms with Gasteiger partial charge >= 0.3 is 0 Å². The molecule has 3 saturated heterocycles. The lowest BCUT2D eigenvalue weighted by Gasteiger charge is -2.36. The number of hydrogen-bond acceptors (Lipinski definition) is 3. The van der Waals surface area contributed by atoms with Crippen LogP contribution in [0.25, 0.3) is 0 Å². The molecule has 5 atom stereocenters. The predicted molar refractivity (Wildman–Crippen MR) is 94.2 cm³/mol. The zero-order valence-electron chi connectivity index (χ0n) is 15.3. The predicted octanol–water partition coefficient (Wildman–Crippen LogP) is 0.295. The third-order valence-electron chi connectivity index (χ3n) is 6.80. The normalized spacial score (nSPS) is 38.0. The Morgan fingerprint density at radius 2 is 1.88 bits per heavy atom. The van der Waals surface area contributed by atoms with Crippen LogP contribution in [0.5, 0.6) is 0 Å². The van der Waals surface area contributed by atoms with Gasteiger partial charge in [0.15, 0.2) is 0 Å². The molecular weight excluding hydrogens is 330 g/mol. The summed E-state index contributed by atoms with van der Waals surface area (Å²) < 4.78 is 0. The molecular formula is C20H24N3O3+. The second kappa shape index (κ2) is 4.74. The largest absolute Gasteiger partial charge is 0.320 e. The van der Waals surface area contributed by atoms with E-state index in [-0.39, 0.29) is 23.8 Å². The van der Waals surface area contributed by atoms with Gasteiger partial charge in [0.05, 0.1) is 12.2 Å². The average molecular weight is 354 g/mol. The SMILES string of the molecule is CC(C)(C)N1C(=O)[C@@H]2[C@H]3CCC[NH+]3[C@@]3(C(=O)Nc4ccccc43)[C@@H]2C1=O. The highest BCUT2D eigenvalue weighted by atomic mass is 16.2. The zero-order valence-corrected chi connectivity index (χ0v) is 15.3. The third-order valence-corrected chi connectivity index (χ3v) is 6.80. The van der Waals surface area contributed by atoms with E-state index < -0.39 is 22.9 Å². The number of fused-ring (bicyclic) bond motifs is 7. The molecule has 3 amide bonds. The standard InChI is InChI=1S/C20H23N3O3/c1-19(2,3)23-16(24)14-13-9-6-10-22(13)20(15(14)17(23)25)11-7-4-5-8-12(11)21-18(20)26/h4-5,7-8,13-15H,6,9-10H2,1-3H3,(H,21,26)/p+1/t13-,14-,15+,20-/m1/s1. The van der Waals surface area contributed by atoms with E-state index in [2.05, 4.69) is 5.32 Å². The topological polar surface area (TPSA) is 70.9 Å². The van der Waals surface area contributed by atoms with Crippen molar-refractivity contribution >= 4 is 23.4 Å². The fraction of sp³-hybridized carbons (Fsp3) is 0.550. The summed E-state index contributed by atoms with van der Waals surface area (Å²) in [6, 6.07) is 7.70. The first-order chi connectivity index (χ1) is 12.3. The summed E-state index contributed by atoms with van der Waals surface area (Å²) in [5, 5.41) is 3.00. The Morgan fingerprint density at radius 1 is 1.15 bits per heavy atom. The van der Waals surface area contributed by atoms with Crippen LogP contribution in [0.4, 0.5) is 5.69 Å². The number of benzene rings is 1. The highest BCUT2D eigenvalue weighted by Crippen LogP contribution is 2.52. The number of likely N-dealkylation sites (tertiary alicyclic amines) is 1. The summed E-state index contributed by atoms with van der Waals surface area (Å²) >= 11 is 0. The molecule has 0 bridgehead atoms. The Kier molecular flexibility index (Phi) is 2.92. The molecule has 6 nitrogen and oxygen atoms in total. The maximum atomic E-state index is 13.5. The summed E-state index contributed by atoms with van der Waals surface area (Å²) in [4.78, 5) is 42.7. The molecule has 4 heterocycles. The monoisotopic (exact) mass is 354 g/mol. The molecule has 136 valence electrons. The fourth-order valence-corrected chi connectivity index (χ4v) is 6.08. The second-order valence-electron chi connectivity index (χ2n) is 9.02. The quantitative estimate of drug-likeness (QED) is 0.658. The summed E-state index contributed by atoms with van der Waals surface area (Å²) in [6.45, 7) is 6.49. The molecule has 2 N–H and O–H groups in total. The van der Waals surface area contributed by atoms with E-state index in [0.717, 1.165) is 35.5 Å². The molecule has 4 aliphatic heterocycles. The molecule has 5 rings (SSSR count). The van der Waals surface area contributed by atoms with Gasteiger partial charge in [0.1, 0.15) is 17.9 Å². The lowest BCUT2D eigenvalue weighted by atomic mass is 9.75. The number of nitrogens with zero attached hydrogens (tertiary/aromatic N) is 1. The van der Waals surface area contributed by atoms with E-state index in [4.69, 9.17) is 0 Å². The molecule has 6 heteroatoms. The first-order valence-electron chi connectivity index (χ1n) is 9.44. The van der Waals surface area contributed by atoms with Gasteiger partial charge in [0.2, 0.25) is 17.4 Å². The molecule has 1 spiro atoms. The van der Waals surface area contributed by atoms with Crippen molar-refractivity contribution in [3.8, 4) is 0 Å². The van der Waals surface area contributed by atoms with Crippen molar-refractivity contribution in [1.82, 2.24) is 4.90 Å². The highest BCUT2D eigenvalue weighted by molar-refractivity contribution is 6.14. The Labute approximate surface area is 152 Å². The van der Waals surface area contributed by atoms with E-state index in [1.54, 1.807) is 0 Å². The molecule has 4 aliphatic rings. The number of hydrogen-bond donors (Lipinski definition) is 2. The number of para-hydroxylation sites is 1. The van der Waals surface area contributed by atoms with Gasteiger partial charge < -0.3 is 10.2 Å². The number of carbonyl (C=O) groups is 3. The lowest BCUT2D eigenvalue weighted by molar-refractivity contribution is -0.948. The number of amides is 3. The van der Waals surface area contributed by atoms with E-state index in [9.17, 15) is 14.4 Å². The first kappa shape index (κ1) is 16.0. The third kappa shape index (κ3) is 1.60. The summed E-state index contributed by atoms with van der Waals surface area (Å²) in [6.07, 6.45) is 1.88. The van der Waals surface area contributed by atoms with Gasteiger partial charge in [-0.3, -0.25) is 19.3 Å². The van der Waals surface area contributed by atoms with Gasteiger partial charge in [0.25, 0.3) is 5.91 Å². The van der Waals surface area contributed by atoms with Gasteiger partial charge in [-0.05, 0) is 26.8 Å². The first-order valence-corrected chi connectivity index (χ1v) is 9.44. The van der Waals surface area contributed by atoms with Crippen molar-refractivity contribution in [2.24, 2.45) is 11.8 Å². The minimum atomic E-state index is -0.963. The molecule has 26 heavy (non-hydrogen) atoms. The Balaban J connectivity index is 1.76. The van der Waals surface area contributed by atoms with Gasteiger partial charge in [0, 0.05) is 23.9 Å². The van der Waals surface area contributed by atoms with E-state index in [0.29, 0.717) is 0 Å². The summed E-state index contributed by atoms with van der Waals surface area (Å²) in [5.41, 5.74) is 0.129. The number of quaternary nitrogens is 1. The zero-order chi connectivity index (χ0) is 18.4. The molecule has 0 aliphatic carbocycles. The Bertz CT molecular complexity index is 858. The Morgan fingerprint density at radius 3 is 2.62 bits per heavy atom. The highest BCUT2D eigenvalue weighted by Gasteiger charge is 2.78. The maximum absolute atomic E-state index is 13.5. The van der Waals surface area contributed by atoms with Gasteiger partial charge in [-0.25, -0.2) is 0 Å². The smallest absolute Gasteiger partial charge is 0.291 e. The summed E-state index contributed by atoms with van der Waals surface area (Å²) in [7, 11) is 0. The van der Waals surface area contributed by atoms with Crippen molar-refractivity contribution in [1.29, 1.82) is 0 Å². The van der Waals surface area contributed by atoms with Gasteiger partial charge in [-0.1, -0.05) is 18.2 Å². The van der Waals surface area contributed by atoms with Crippen molar-refractivity contribution in [2.45, 2.75) is 50.7 Å². The molecule has 1 unspecified atom stereocenters. The van der Waals surface area contributed by atoms with Crippen molar-refractivity contribution in [3.05, 3.63) is 29.8 Å². The van der Waals surface area contributed by atoms with Crippen LogP contribution in [0.2, 0.25) is 0 Å². The number of carbonyl (C=O) groups excluding carboxylic acids is 3. The van der Waals surface area contributed by atoms with Crippen LogP contribution in [-0.4, -0.2) is 40.7 Å². The molecule has 1 aromatic rings. The van der Waals surface area contributed by atoms with Crippen LogP contribution >= 0.6 is 0 Å². The average Bonchev–Trinajstić information content (AvgIpc) is 3.24. The maximum Gasteiger partial charge on any atom is 0.291 e. The van der Waals surface area contributed by atoms with Crippen LogP contribution in [-0.2, 0) is 19.9 Å². The van der Waals surface area contributed by atoms with Crippen LogP contribution in [0.1, 0.15) is 39.2 Å². The number of imide groups is 1. The minimum Gasteiger partial charge on any atom is -0.320 e. The van der Waals surface area contributed by atoms with Crippen molar-refractivity contribution in [2.75, 3.05) is 11.9 Å². The van der Waals surface area contributed by atoms with Crippen LogP contribution in [0.3, 0.4) is 0 Å². The molecule has 3 fully saturated rings. The molecule has 1 aromatic carbocycles. The number of nitrogens with one attached hydrogen (secondary N) is 2. The Hall–Kier alpha value is -2.21. The van der Waals surface area contributed by atoms with Gasteiger partial charge in [-0.15, -0.1) is 0 Å². The summed E-state index contributed by atoms with van der Waals surface area (Å²) in [5.74, 6) is -1.38. The van der Waals surface area contributed by atoms with Crippen LogP contribution in [0, 0.1) is 11.8 Å². The second-order valence-corrected chi connectivity index (χ2v) is 9.02. The van der Waals surface area contributed by atoms with E-state index >= 15 is 0 Å². The lowest BCUT2D eigenvalue weighted by Crippen LogP contribution is -3.19. The van der Waals surface area contributed by atoms with Gasteiger partial charge in [-0.2, -0.15) is 0 Å². The van der Waals surface area contributed by atoms with Crippen molar-refractivity contribution in [3.63, 3.8) is 0 Å². The van der Waals surface area contributed by atoms with Crippen LogP contribution < -0.4 is 10.2 Å². The van der Waals surface area contributed by atoms with E-state index in [1.807, 2.05) is 45.0 Å². The molecule has 0 saturated carbocycles. The molecule has 0 radical (unpaired) electrons. The van der Waals surface area contributed by atoms with Crippen molar-refractivity contribution < 1.29 is 19.3 Å². The number of anilines is 1. The van der Waals surface area contributed by atoms with E-state index in [1.165, 1.54) is 4.90 Å². The number of rotatable bonds is 0. The van der Waals surface area contributed by atoms with Crippen LogP contribution in [0.15, 0.2) is 24.3 Å². The minimum absolute atomic E-state index is 0.0423. The fourth-order valence-electron chi connectivity index (χ4n) is 6.08.